The van der Waals surface area contributed by atoms with Gasteiger partial charge in [-0.05, 0) is 43.2 Å². The van der Waals surface area contributed by atoms with Gasteiger partial charge in [-0.25, -0.2) is 9.36 Å². The van der Waals surface area contributed by atoms with Crippen molar-refractivity contribution in [2.75, 3.05) is 5.32 Å². The number of benzene rings is 2. The Hall–Kier alpha value is -3.08. The van der Waals surface area contributed by atoms with Gasteiger partial charge in [0.15, 0.2) is 0 Å². The first kappa shape index (κ1) is 15.8. The van der Waals surface area contributed by atoms with E-state index in [0.717, 1.165) is 22.6 Å². The molecule has 0 saturated heterocycles. The Kier molecular flexibility index (Phi) is 4.33. The molecule has 1 aromatic heterocycles. The number of anilines is 1. The van der Waals surface area contributed by atoms with Gasteiger partial charge in [0, 0.05) is 0 Å². The number of rotatable bonds is 5. The van der Waals surface area contributed by atoms with Gasteiger partial charge in [0.1, 0.15) is 5.69 Å². The van der Waals surface area contributed by atoms with Crippen LogP contribution in [0.1, 0.15) is 18.2 Å². The third kappa shape index (κ3) is 2.65. The number of hydrogen-bond donors (Lipinski definition) is 1. The quantitative estimate of drug-likeness (QED) is 0.734. The van der Waals surface area contributed by atoms with Crippen molar-refractivity contribution < 1.29 is 4.79 Å². The van der Waals surface area contributed by atoms with Gasteiger partial charge in [-0.1, -0.05) is 37.3 Å². The standard InChI is InChI=1S/C19H19N3O2/c1-3-17-18(20-13-23)19(24)22(16-11-7-8-14(2)12-16)21(17)15-9-5-4-6-10-15/h4-13H,3H2,1-2H3,(H,20,23). The summed E-state index contributed by atoms with van der Waals surface area (Å²) in [7, 11) is 0. The number of nitrogens with zero attached hydrogens (tertiary/aromatic N) is 2. The van der Waals surface area contributed by atoms with Gasteiger partial charge in [-0.15, -0.1) is 0 Å². The summed E-state index contributed by atoms with van der Waals surface area (Å²) in [4.78, 5) is 23.9. The SMILES string of the molecule is CCc1c(NC=O)c(=O)n(-c2cccc(C)c2)n1-c1ccccc1. The first-order valence-electron chi connectivity index (χ1n) is 7.87. The molecule has 0 bridgehead atoms. The zero-order valence-electron chi connectivity index (χ0n) is 13.7. The van der Waals surface area contributed by atoms with E-state index in [-0.39, 0.29) is 5.56 Å². The second-order valence-corrected chi connectivity index (χ2v) is 5.54. The van der Waals surface area contributed by atoms with E-state index in [4.69, 9.17) is 0 Å². The van der Waals surface area contributed by atoms with Gasteiger partial charge >= 0.3 is 0 Å². The van der Waals surface area contributed by atoms with Crippen molar-refractivity contribution >= 4 is 12.1 Å². The van der Waals surface area contributed by atoms with Crippen LogP contribution in [-0.4, -0.2) is 15.8 Å². The number of hydrogen-bond acceptors (Lipinski definition) is 2. The number of aryl methyl sites for hydroxylation is 1. The van der Waals surface area contributed by atoms with Crippen molar-refractivity contribution in [3.63, 3.8) is 0 Å². The molecule has 0 unspecified atom stereocenters. The van der Waals surface area contributed by atoms with Crippen LogP contribution in [0, 0.1) is 6.92 Å². The van der Waals surface area contributed by atoms with Crippen LogP contribution in [0.4, 0.5) is 5.69 Å². The topological polar surface area (TPSA) is 56.0 Å². The first-order chi connectivity index (χ1) is 11.7. The Morgan fingerprint density at radius 1 is 1.00 bits per heavy atom. The largest absolute Gasteiger partial charge is 0.323 e. The molecule has 0 saturated carbocycles. The minimum atomic E-state index is -0.242. The second-order valence-electron chi connectivity index (χ2n) is 5.54. The average Bonchev–Trinajstić information content (AvgIpc) is 2.88. The molecule has 0 fully saturated rings. The van der Waals surface area contributed by atoms with Gasteiger partial charge in [-0.3, -0.25) is 9.59 Å². The van der Waals surface area contributed by atoms with Crippen LogP contribution in [-0.2, 0) is 11.2 Å². The molecule has 0 atom stereocenters. The molecule has 0 radical (unpaired) electrons. The molecule has 24 heavy (non-hydrogen) atoms. The summed E-state index contributed by atoms with van der Waals surface area (Å²) in [5, 5.41) is 2.58. The zero-order valence-corrected chi connectivity index (χ0v) is 13.7. The fraction of sp³-hybridized carbons (Fsp3) is 0.158. The Balaban J connectivity index is 2.39. The fourth-order valence-corrected chi connectivity index (χ4v) is 2.91. The lowest BCUT2D eigenvalue weighted by Gasteiger charge is -2.15. The number of amides is 1. The van der Waals surface area contributed by atoms with Gasteiger partial charge in [-0.2, -0.15) is 0 Å². The summed E-state index contributed by atoms with van der Waals surface area (Å²) < 4.78 is 3.47. The molecule has 0 aliphatic heterocycles. The summed E-state index contributed by atoms with van der Waals surface area (Å²) in [6, 6.07) is 17.4. The van der Waals surface area contributed by atoms with Crippen LogP contribution < -0.4 is 10.9 Å². The second kappa shape index (κ2) is 6.58. The number of carbonyl (C=O) groups is 1. The van der Waals surface area contributed by atoms with E-state index in [9.17, 15) is 9.59 Å². The molecule has 5 heteroatoms. The summed E-state index contributed by atoms with van der Waals surface area (Å²) in [5.74, 6) is 0. The lowest BCUT2D eigenvalue weighted by atomic mass is 10.2. The van der Waals surface area contributed by atoms with Crippen molar-refractivity contribution in [3.8, 4) is 11.4 Å². The van der Waals surface area contributed by atoms with Crippen molar-refractivity contribution in [2.45, 2.75) is 20.3 Å². The molecule has 2 aromatic carbocycles. The molecule has 3 aromatic rings. The average molecular weight is 321 g/mol. The molecule has 1 N–H and O–H groups in total. The van der Waals surface area contributed by atoms with Crippen LogP contribution in [0.3, 0.4) is 0 Å². The van der Waals surface area contributed by atoms with Crippen LogP contribution in [0.25, 0.3) is 11.4 Å². The number of nitrogens with one attached hydrogen (secondary N) is 1. The molecule has 0 spiro atoms. The highest BCUT2D eigenvalue weighted by atomic mass is 16.1. The number of para-hydroxylation sites is 1. The van der Waals surface area contributed by atoms with Crippen LogP contribution in [0.2, 0.25) is 0 Å². The molecule has 5 nitrogen and oxygen atoms in total. The minimum Gasteiger partial charge on any atom is -0.323 e. The highest BCUT2D eigenvalue weighted by Gasteiger charge is 2.20. The zero-order chi connectivity index (χ0) is 17.1. The van der Waals surface area contributed by atoms with Gasteiger partial charge in [0.05, 0.1) is 17.1 Å². The summed E-state index contributed by atoms with van der Waals surface area (Å²) in [5.41, 5.74) is 3.53. The normalized spacial score (nSPS) is 10.6. The first-order valence-corrected chi connectivity index (χ1v) is 7.87. The predicted octanol–water partition coefficient (Wildman–Crippen LogP) is 3.07. The molecular weight excluding hydrogens is 302 g/mol. The van der Waals surface area contributed by atoms with E-state index in [1.54, 1.807) is 4.68 Å². The van der Waals surface area contributed by atoms with Crippen molar-refractivity contribution in [1.29, 1.82) is 0 Å². The highest BCUT2D eigenvalue weighted by molar-refractivity contribution is 5.73. The maximum Gasteiger partial charge on any atom is 0.295 e. The maximum absolute atomic E-state index is 13.0. The van der Waals surface area contributed by atoms with Crippen LogP contribution >= 0.6 is 0 Å². The van der Waals surface area contributed by atoms with Crippen LogP contribution in [0.15, 0.2) is 59.4 Å². The summed E-state index contributed by atoms with van der Waals surface area (Å²) in [6.07, 6.45) is 1.16. The molecule has 1 amide bonds. The molecule has 0 aliphatic carbocycles. The van der Waals surface area contributed by atoms with E-state index in [1.807, 2.05) is 73.1 Å². The smallest absolute Gasteiger partial charge is 0.295 e. The van der Waals surface area contributed by atoms with Crippen molar-refractivity contribution in [2.24, 2.45) is 0 Å². The van der Waals surface area contributed by atoms with Gasteiger partial charge in [0.2, 0.25) is 6.41 Å². The van der Waals surface area contributed by atoms with Gasteiger partial charge in [0.25, 0.3) is 5.56 Å². The lowest BCUT2D eigenvalue weighted by molar-refractivity contribution is -0.105. The van der Waals surface area contributed by atoms with Crippen molar-refractivity contribution in [3.05, 3.63) is 76.2 Å². The molecule has 122 valence electrons. The third-order valence-corrected chi connectivity index (χ3v) is 3.94. The maximum atomic E-state index is 13.0. The Labute approximate surface area is 140 Å². The Morgan fingerprint density at radius 3 is 2.33 bits per heavy atom. The Morgan fingerprint density at radius 2 is 1.71 bits per heavy atom. The Bertz CT molecular complexity index is 924. The molecular formula is C19H19N3O2. The summed E-state index contributed by atoms with van der Waals surface area (Å²) in [6.45, 7) is 3.94. The monoisotopic (exact) mass is 321 g/mol. The minimum absolute atomic E-state index is 0.242. The molecule has 1 heterocycles. The lowest BCUT2D eigenvalue weighted by Crippen LogP contribution is -2.21. The highest BCUT2D eigenvalue weighted by Crippen LogP contribution is 2.21. The number of carbonyl (C=O) groups excluding carboxylic acids is 1. The molecule has 3 rings (SSSR count). The van der Waals surface area contributed by atoms with E-state index < -0.39 is 0 Å². The predicted molar refractivity (Wildman–Crippen MR) is 95.2 cm³/mol. The van der Waals surface area contributed by atoms with E-state index in [2.05, 4.69) is 5.32 Å². The van der Waals surface area contributed by atoms with E-state index >= 15 is 0 Å². The van der Waals surface area contributed by atoms with Crippen molar-refractivity contribution in [1.82, 2.24) is 9.36 Å². The summed E-state index contributed by atoms with van der Waals surface area (Å²) >= 11 is 0. The van der Waals surface area contributed by atoms with Gasteiger partial charge < -0.3 is 5.32 Å². The van der Waals surface area contributed by atoms with Crippen LogP contribution in [0.5, 0.6) is 0 Å². The molecule has 0 aliphatic rings. The third-order valence-electron chi connectivity index (χ3n) is 3.94. The fourth-order valence-electron chi connectivity index (χ4n) is 2.91. The van der Waals surface area contributed by atoms with E-state index in [1.165, 1.54) is 0 Å². The number of aromatic nitrogens is 2. The van der Waals surface area contributed by atoms with E-state index in [0.29, 0.717) is 18.5 Å².